The molecule has 1 aliphatic rings. The summed E-state index contributed by atoms with van der Waals surface area (Å²) in [6, 6.07) is 12.2. The second kappa shape index (κ2) is 7.07. The van der Waals surface area contributed by atoms with Gasteiger partial charge in [0.1, 0.15) is 18.5 Å². The third kappa shape index (κ3) is 3.84. The molecule has 1 heterocycles. The molecule has 4 heteroatoms. The maximum absolute atomic E-state index is 10.1. The lowest BCUT2D eigenvalue weighted by molar-refractivity contribution is 0.103. The first kappa shape index (κ1) is 14.6. The van der Waals surface area contributed by atoms with E-state index in [1.807, 2.05) is 41.7 Å². The monoisotopic (exact) mass is 303 g/mol. The lowest BCUT2D eigenvalue weighted by Gasteiger charge is -2.25. The van der Waals surface area contributed by atoms with Crippen LogP contribution in [0.3, 0.4) is 0 Å². The molecule has 1 aromatic carbocycles. The van der Waals surface area contributed by atoms with Crippen LogP contribution in [0.25, 0.3) is 0 Å². The molecule has 0 spiro atoms. The molecule has 2 unspecified atom stereocenters. The highest BCUT2D eigenvalue weighted by molar-refractivity contribution is 7.10. The number of fused-ring (bicyclic) bond motifs is 1. The van der Waals surface area contributed by atoms with Gasteiger partial charge in [-0.05, 0) is 48.4 Å². The molecule has 0 saturated heterocycles. The fraction of sp³-hybridized carbons (Fsp3) is 0.412. The number of benzene rings is 1. The van der Waals surface area contributed by atoms with E-state index in [1.165, 1.54) is 23.3 Å². The average Bonchev–Trinajstić information content (AvgIpc) is 3.01. The quantitative estimate of drug-likeness (QED) is 0.861. The fourth-order valence-electron chi connectivity index (χ4n) is 2.74. The minimum Gasteiger partial charge on any atom is -0.491 e. The molecule has 3 rings (SSSR count). The van der Waals surface area contributed by atoms with Crippen molar-refractivity contribution < 1.29 is 9.84 Å². The lowest BCUT2D eigenvalue weighted by Crippen LogP contribution is -2.34. The van der Waals surface area contributed by atoms with Gasteiger partial charge in [-0.2, -0.15) is 0 Å². The van der Waals surface area contributed by atoms with E-state index in [4.69, 9.17) is 4.74 Å². The summed E-state index contributed by atoms with van der Waals surface area (Å²) in [5.41, 5.74) is 1.42. The number of aliphatic hydroxyl groups excluding tert-OH is 1. The Bertz CT molecular complexity index is 555. The van der Waals surface area contributed by atoms with Crippen molar-refractivity contribution >= 4 is 11.3 Å². The van der Waals surface area contributed by atoms with Crippen molar-refractivity contribution in [2.45, 2.75) is 31.4 Å². The number of aryl methyl sites for hydroxylation is 1. The molecule has 0 fully saturated rings. The Hall–Kier alpha value is -1.36. The highest BCUT2D eigenvalue weighted by Gasteiger charge is 2.21. The molecule has 2 atom stereocenters. The first-order chi connectivity index (χ1) is 10.3. The Morgan fingerprint density at radius 1 is 1.29 bits per heavy atom. The molecule has 0 bridgehead atoms. The standard InChI is InChI=1S/C17H21NO2S/c19-13(12-20-14-5-2-1-3-6-14)11-18-16-7-4-8-17-15(16)9-10-21-17/h1-3,5-6,9-10,13,16,18-19H,4,7-8,11-12H2. The summed E-state index contributed by atoms with van der Waals surface area (Å²) in [7, 11) is 0. The molecule has 112 valence electrons. The number of rotatable bonds is 6. The van der Waals surface area contributed by atoms with Crippen molar-refractivity contribution in [3.8, 4) is 5.75 Å². The number of nitrogens with one attached hydrogen (secondary N) is 1. The first-order valence-corrected chi connectivity index (χ1v) is 8.36. The van der Waals surface area contributed by atoms with Gasteiger partial charge in [-0.1, -0.05) is 18.2 Å². The number of hydrogen-bond donors (Lipinski definition) is 2. The van der Waals surface area contributed by atoms with Gasteiger partial charge in [-0.25, -0.2) is 0 Å². The van der Waals surface area contributed by atoms with Crippen molar-refractivity contribution in [3.05, 3.63) is 52.2 Å². The second-order valence-corrected chi connectivity index (χ2v) is 6.43. The summed E-state index contributed by atoms with van der Waals surface area (Å²) in [6.45, 7) is 0.882. The van der Waals surface area contributed by atoms with Gasteiger partial charge in [-0.15, -0.1) is 11.3 Å². The number of ether oxygens (including phenoxy) is 1. The van der Waals surface area contributed by atoms with Crippen LogP contribution in [0, 0.1) is 0 Å². The van der Waals surface area contributed by atoms with Crippen LogP contribution in [0.5, 0.6) is 5.75 Å². The first-order valence-electron chi connectivity index (χ1n) is 7.48. The molecule has 2 aromatic rings. The molecular weight excluding hydrogens is 282 g/mol. The Morgan fingerprint density at radius 3 is 3.00 bits per heavy atom. The van der Waals surface area contributed by atoms with Crippen molar-refractivity contribution in [2.24, 2.45) is 0 Å². The van der Waals surface area contributed by atoms with Crippen LogP contribution < -0.4 is 10.1 Å². The Morgan fingerprint density at radius 2 is 2.14 bits per heavy atom. The number of hydrogen-bond acceptors (Lipinski definition) is 4. The zero-order valence-electron chi connectivity index (χ0n) is 12.0. The van der Waals surface area contributed by atoms with Crippen molar-refractivity contribution in [3.63, 3.8) is 0 Å². The normalized spacial score (nSPS) is 19.0. The third-order valence-corrected chi connectivity index (χ3v) is 4.83. The Balaban J connectivity index is 1.45. The lowest BCUT2D eigenvalue weighted by atomic mass is 9.94. The van der Waals surface area contributed by atoms with Crippen LogP contribution in [0.1, 0.15) is 29.3 Å². The number of aliphatic hydroxyl groups is 1. The van der Waals surface area contributed by atoms with E-state index in [2.05, 4.69) is 16.8 Å². The van der Waals surface area contributed by atoms with Gasteiger partial charge in [0.25, 0.3) is 0 Å². The summed E-state index contributed by atoms with van der Waals surface area (Å²) in [5, 5.41) is 15.7. The van der Waals surface area contributed by atoms with Crippen molar-refractivity contribution in [2.75, 3.05) is 13.2 Å². The summed E-state index contributed by atoms with van der Waals surface area (Å²) in [4.78, 5) is 1.49. The number of thiophene rings is 1. The van der Waals surface area contributed by atoms with Crippen LogP contribution in [-0.2, 0) is 6.42 Å². The molecule has 21 heavy (non-hydrogen) atoms. The van der Waals surface area contributed by atoms with E-state index in [9.17, 15) is 5.11 Å². The summed E-state index contributed by atoms with van der Waals surface area (Å²) >= 11 is 1.84. The van der Waals surface area contributed by atoms with E-state index >= 15 is 0 Å². The van der Waals surface area contributed by atoms with E-state index in [1.54, 1.807) is 0 Å². The molecule has 0 amide bonds. The molecule has 0 saturated carbocycles. The third-order valence-electron chi connectivity index (χ3n) is 3.84. The van der Waals surface area contributed by atoms with Crippen molar-refractivity contribution in [1.82, 2.24) is 5.32 Å². The maximum atomic E-state index is 10.1. The Labute approximate surface area is 129 Å². The van der Waals surface area contributed by atoms with E-state index in [0.717, 1.165) is 12.2 Å². The van der Waals surface area contributed by atoms with Crippen molar-refractivity contribution in [1.29, 1.82) is 0 Å². The molecule has 0 radical (unpaired) electrons. The van der Waals surface area contributed by atoms with Gasteiger partial charge in [0.15, 0.2) is 0 Å². The molecular formula is C17H21NO2S. The van der Waals surface area contributed by atoms with Crippen LogP contribution in [0.15, 0.2) is 41.8 Å². The van der Waals surface area contributed by atoms with Gasteiger partial charge in [-0.3, -0.25) is 0 Å². The zero-order valence-corrected chi connectivity index (χ0v) is 12.8. The van der Waals surface area contributed by atoms with Gasteiger partial charge in [0.05, 0.1) is 0 Å². The zero-order chi connectivity index (χ0) is 14.5. The summed E-state index contributed by atoms with van der Waals surface area (Å²) < 4.78 is 5.57. The smallest absolute Gasteiger partial charge is 0.119 e. The van der Waals surface area contributed by atoms with Gasteiger partial charge in [0.2, 0.25) is 0 Å². The molecule has 0 aliphatic heterocycles. The maximum Gasteiger partial charge on any atom is 0.119 e. The Kier molecular flexibility index (Phi) is 4.91. The van der Waals surface area contributed by atoms with Gasteiger partial charge < -0.3 is 15.2 Å². The average molecular weight is 303 g/mol. The largest absolute Gasteiger partial charge is 0.491 e. The second-order valence-electron chi connectivity index (χ2n) is 5.43. The molecule has 2 N–H and O–H groups in total. The van der Waals surface area contributed by atoms with Crippen LogP contribution in [0.4, 0.5) is 0 Å². The number of para-hydroxylation sites is 1. The fourth-order valence-corrected chi connectivity index (χ4v) is 3.73. The highest BCUT2D eigenvalue weighted by Crippen LogP contribution is 2.33. The molecule has 1 aromatic heterocycles. The summed E-state index contributed by atoms with van der Waals surface area (Å²) in [6.07, 6.45) is 3.08. The van der Waals surface area contributed by atoms with Crippen LogP contribution in [0.2, 0.25) is 0 Å². The minimum atomic E-state index is -0.491. The molecule has 3 nitrogen and oxygen atoms in total. The minimum absolute atomic E-state index is 0.320. The van der Waals surface area contributed by atoms with E-state index in [-0.39, 0.29) is 0 Å². The van der Waals surface area contributed by atoms with E-state index in [0.29, 0.717) is 19.2 Å². The SMILES string of the molecule is OC(CNC1CCCc2sccc21)COc1ccccc1. The highest BCUT2D eigenvalue weighted by atomic mass is 32.1. The topological polar surface area (TPSA) is 41.5 Å². The van der Waals surface area contributed by atoms with Gasteiger partial charge in [0, 0.05) is 17.5 Å². The van der Waals surface area contributed by atoms with Crippen LogP contribution in [-0.4, -0.2) is 24.4 Å². The summed E-state index contributed by atoms with van der Waals surface area (Å²) in [5.74, 6) is 0.800. The van der Waals surface area contributed by atoms with E-state index < -0.39 is 6.10 Å². The van der Waals surface area contributed by atoms with Crippen LogP contribution >= 0.6 is 11.3 Å². The van der Waals surface area contributed by atoms with Gasteiger partial charge >= 0.3 is 0 Å². The predicted octanol–water partition coefficient (Wildman–Crippen LogP) is 3.16. The predicted molar refractivity (Wildman–Crippen MR) is 85.9 cm³/mol. The molecule has 1 aliphatic carbocycles.